The lowest BCUT2D eigenvalue weighted by molar-refractivity contribution is 0.414. The number of benzene rings is 1. The van der Waals surface area contributed by atoms with Crippen LogP contribution in [-0.2, 0) is 5.41 Å². The summed E-state index contributed by atoms with van der Waals surface area (Å²) >= 11 is 6.30. The van der Waals surface area contributed by atoms with E-state index in [1.54, 1.807) is 7.11 Å². The lowest BCUT2D eigenvalue weighted by atomic mass is 9.87. The van der Waals surface area contributed by atoms with Crippen LogP contribution in [0.5, 0.6) is 5.75 Å². The van der Waals surface area contributed by atoms with Gasteiger partial charge in [-0.05, 0) is 35.1 Å². The molecule has 0 radical (unpaired) electrons. The third kappa shape index (κ3) is 1.40. The Morgan fingerprint density at radius 3 is 2.79 bits per heavy atom. The molecule has 1 atom stereocenters. The van der Waals surface area contributed by atoms with Crippen molar-refractivity contribution in [3.8, 4) is 5.75 Å². The maximum Gasteiger partial charge on any atom is 0.119 e. The Balaban J connectivity index is 2.52. The summed E-state index contributed by atoms with van der Waals surface area (Å²) < 4.78 is 5.20. The Bertz CT molecular complexity index is 357. The number of fused-ring (bicyclic) bond motifs is 1. The van der Waals surface area contributed by atoms with Gasteiger partial charge in [-0.3, -0.25) is 0 Å². The number of rotatable bonds is 1. The molecule has 0 heterocycles. The zero-order chi connectivity index (χ0) is 10.3. The highest BCUT2D eigenvalue weighted by Crippen LogP contribution is 2.48. The molecule has 0 N–H and O–H groups in total. The number of hydrogen-bond donors (Lipinski definition) is 0. The fourth-order valence-corrected chi connectivity index (χ4v) is 2.78. The minimum absolute atomic E-state index is 0.134. The van der Waals surface area contributed by atoms with Gasteiger partial charge in [0.2, 0.25) is 0 Å². The van der Waals surface area contributed by atoms with E-state index in [0.29, 0.717) is 0 Å². The zero-order valence-corrected chi connectivity index (χ0v) is 9.56. The SMILES string of the molecule is COc1ccc2c(c1)C(Cl)CC2(C)C. The van der Waals surface area contributed by atoms with Crippen LogP contribution in [0.15, 0.2) is 18.2 Å². The van der Waals surface area contributed by atoms with Gasteiger partial charge in [-0.2, -0.15) is 0 Å². The minimum atomic E-state index is 0.134. The zero-order valence-electron chi connectivity index (χ0n) is 8.80. The maximum atomic E-state index is 6.30. The fraction of sp³-hybridized carbons (Fsp3) is 0.500. The van der Waals surface area contributed by atoms with Crippen LogP contribution in [0.4, 0.5) is 0 Å². The van der Waals surface area contributed by atoms with Crippen molar-refractivity contribution in [2.45, 2.75) is 31.1 Å². The van der Waals surface area contributed by atoms with E-state index in [9.17, 15) is 0 Å². The Kier molecular flexibility index (Phi) is 2.23. The molecule has 1 aliphatic rings. The van der Waals surface area contributed by atoms with Gasteiger partial charge in [0.15, 0.2) is 0 Å². The van der Waals surface area contributed by atoms with Crippen LogP contribution in [0.1, 0.15) is 36.8 Å². The van der Waals surface area contributed by atoms with Crippen LogP contribution >= 0.6 is 11.6 Å². The van der Waals surface area contributed by atoms with Crippen molar-refractivity contribution in [3.63, 3.8) is 0 Å². The summed E-state index contributed by atoms with van der Waals surface area (Å²) in [4.78, 5) is 0. The molecule has 0 bridgehead atoms. The summed E-state index contributed by atoms with van der Waals surface area (Å²) in [5.74, 6) is 0.895. The number of ether oxygens (including phenoxy) is 1. The first-order valence-electron chi connectivity index (χ1n) is 4.87. The Labute approximate surface area is 90.0 Å². The second kappa shape index (κ2) is 3.16. The van der Waals surface area contributed by atoms with Gasteiger partial charge in [-0.25, -0.2) is 0 Å². The molecular formula is C12H15ClO. The van der Waals surface area contributed by atoms with Crippen molar-refractivity contribution < 1.29 is 4.74 Å². The van der Waals surface area contributed by atoms with E-state index in [2.05, 4.69) is 26.0 Å². The number of hydrogen-bond acceptors (Lipinski definition) is 1. The molecule has 1 nitrogen and oxygen atoms in total. The first kappa shape index (κ1) is 9.85. The van der Waals surface area contributed by atoms with E-state index in [1.807, 2.05) is 6.07 Å². The molecule has 2 rings (SSSR count). The van der Waals surface area contributed by atoms with E-state index in [0.717, 1.165) is 12.2 Å². The van der Waals surface area contributed by atoms with Crippen LogP contribution in [0.3, 0.4) is 0 Å². The molecule has 0 saturated carbocycles. The molecule has 0 amide bonds. The van der Waals surface area contributed by atoms with Crippen molar-refractivity contribution >= 4 is 11.6 Å². The topological polar surface area (TPSA) is 9.23 Å². The van der Waals surface area contributed by atoms with E-state index < -0.39 is 0 Å². The van der Waals surface area contributed by atoms with Gasteiger partial charge < -0.3 is 4.74 Å². The maximum absolute atomic E-state index is 6.30. The van der Waals surface area contributed by atoms with Crippen LogP contribution in [0.25, 0.3) is 0 Å². The summed E-state index contributed by atoms with van der Waals surface area (Å²) in [6.45, 7) is 4.47. The molecule has 14 heavy (non-hydrogen) atoms. The largest absolute Gasteiger partial charge is 0.497 e. The molecule has 0 fully saturated rings. The highest BCUT2D eigenvalue weighted by Gasteiger charge is 2.35. The van der Waals surface area contributed by atoms with E-state index in [1.165, 1.54) is 11.1 Å². The first-order valence-corrected chi connectivity index (χ1v) is 5.31. The van der Waals surface area contributed by atoms with Crippen molar-refractivity contribution in [1.82, 2.24) is 0 Å². The fourth-order valence-electron chi connectivity index (χ4n) is 2.21. The third-order valence-corrected chi connectivity index (χ3v) is 3.40. The predicted molar refractivity (Wildman–Crippen MR) is 59.2 cm³/mol. The van der Waals surface area contributed by atoms with Crippen LogP contribution in [-0.4, -0.2) is 7.11 Å². The standard InChI is InChI=1S/C12H15ClO/c1-12(2)7-11(13)9-6-8(14-3)4-5-10(9)12/h4-6,11H,7H2,1-3H3. The second-order valence-corrected chi connectivity index (χ2v) is 5.04. The van der Waals surface area contributed by atoms with Crippen LogP contribution in [0.2, 0.25) is 0 Å². The van der Waals surface area contributed by atoms with Gasteiger partial charge >= 0.3 is 0 Å². The highest BCUT2D eigenvalue weighted by molar-refractivity contribution is 6.21. The van der Waals surface area contributed by atoms with E-state index in [-0.39, 0.29) is 10.8 Å². The molecule has 0 spiro atoms. The summed E-state index contributed by atoms with van der Waals surface area (Å²) in [6.07, 6.45) is 1.01. The summed E-state index contributed by atoms with van der Waals surface area (Å²) in [7, 11) is 1.69. The average Bonchev–Trinajstić information content (AvgIpc) is 2.37. The molecule has 1 aromatic carbocycles. The van der Waals surface area contributed by atoms with Crippen molar-refractivity contribution in [2.24, 2.45) is 0 Å². The molecule has 76 valence electrons. The summed E-state index contributed by atoms with van der Waals surface area (Å²) in [6, 6.07) is 6.20. The quantitative estimate of drug-likeness (QED) is 0.643. The van der Waals surface area contributed by atoms with Gasteiger partial charge in [0.25, 0.3) is 0 Å². The van der Waals surface area contributed by atoms with Crippen molar-refractivity contribution in [3.05, 3.63) is 29.3 Å². The van der Waals surface area contributed by atoms with E-state index >= 15 is 0 Å². The van der Waals surface area contributed by atoms with Crippen molar-refractivity contribution in [2.75, 3.05) is 7.11 Å². The summed E-state index contributed by atoms with van der Waals surface area (Å²) in [5, 5.41) is 0.134. The molecule has 2 heteroatoms. The molecular weight excluding hydrogens is 196 g/mol. The Morgan fingerprint density at radius 2 is 2.14 bits per heavy atom. The summed E-state index contributed by atoms with van der Waals surface area (Å²) in [5.41, 5.74) is 2.79. The second-order valence-electron chi connectivity index (χ2n) is 4.51. The molecule has 1 aliphatic carbocycles. The minimum Gasteiger partial charge on any atom is -0.497 e. The monoisotopic (exact) mass is 210 g/mol. The first-order chi connectivity index (χ1) is 6.54. The lowest BCUT2D eigenvalue weighted by Gasteiger charge is -2.18. The number of halogens is 1. The molecule has 0 saturated heterocycles. The lowest BCUT2D eigenvalue weighted by Crippen LogP contribution is -2.11. The highest BCUT2D eigenvalue weighted by atomic mass is 35.5. The van der Waals surface area contributed by atoms with Crippen molar-refractivity contribution in [1.29, 1.82) is 0 Å². The molecule has 1 unspecified atom stereocenters. The van der Waals surface area contributed by atoms with Gasteiger partial charge in [0, 0.05) is 0 Å². The third-order valence-electron chi connectivity index (χ3n) is 3.01. The Hall–Kier alpha value is -0.690. The molecule has 0 aliphatic heterocycles. The molecule has 0 aromatic heterocycles. The number of alkyl halides is 1. The smallest absolute Gasteiger partial charge is 0.119 e. The Morgan fingerprint density at radius 1 is 1.43 bits per heavy atom. The average molecular weight is 211 g/mol. The van der Waals surface area contributed by atoms with Gasteiger partial charge in [0.1, 0.15) is 5.75 Å². The predicted octanol–water partition coefficient (Wildman–Crippen LogP) is 3.66. The molecule has 1 aromatic rings. The van der Waals surface area contributed by atoms with Gasteiger partial charge in [0.05, 0.1) is 12.5 Å². The van der Waals surface area contributed by atoms with E-state index in [4.69, 9.17) is 16.3 Å². The van der Waals surface area contributed by atoms with Gasteiger partial charge in [-0.15, -0.1) is 11.6 Å². The number of methoxy groups -OCH3 is 1. The van der Waals surface area contributed by atoms with Gasteiger partial charge in [-0.1, -0.05) is 19.9 Å². The van der Waals surface area contributed by atoms with Crippen LogP contribution in [0, 0.1) is 0 Å². The van der Waals surface area contributed by atoms with Crippen LogP contribution < -0.4 is 4.74 Å². The normalized spacial score (nSPS) is 23.3.